The van der Waals surface area contributed by atoms with E-state index >= 15 is 0 Å². The average Bonchev–Trinajstić information content (AvgIpc) is 2.52. The lowest BCUT2D eigenvalue weighted by Gasteiger charge is -2.16. The minimum atomic E-state index is -0.179. The number of fused-ring (bicyclic) bond motifs is 1. The average molecular weight is 265 g/mol. The molecule has 1 aliphatic rings. The molecule has 1 aromatic rings. The van der Waals surface area contributed by atoms with Crippen LogP contribution in [0.1, 0.15) is 56.2 Å². The Morgan fingerprint density at radius 2 is 2.05 bits per heavy atom. The van der Waals surface area contributed by atoms with Crippen molar-refractivity contribution in [2.75, 3.05) is 6.54 Å². The molecule has 0 heterocycles. The van der Waals surface area contributed by atoms with Gasteiger partial charge in [0.25, 0.3) is 0 Å². The van der Waals surface area contributed by atoms with E-state index in [2.05, 4.69) is 12.2 Å². The molecular weight excluding hydrogens is 241 g/mol. The zero-order chi connectivity index (χ0) is 14.0. The van der Waals surface area contributed by atoms with Crippen molar-refractivity contribution >= 4 is 0 Å². The molecule has 0 bridgehead atoms. The summed E-state index contributed by atoms with van der Waals surface area (Å²) in [5, 5.41) is 13.5. The number of nitrogens with one attached hydrogen (secondary N) is 1. The van der Waals surface area contributed by atoms with Crippen molar-refractivity contribution in [1.29, 1.82) is 0 Å². The van der Waals surface area contributed by atoms with E-state index in [9.17, 15) is 9.50 Å². The van der Waals surface area contributed by atoms with Crippen LogP contribution < -0.4 is 5.32 Å². The topological polar surface area (TPSA) is 32.3 Å². The molecular formula is C16H24FNO. The molecule has 1 aliphatic carbocycles. The van der Waals surface area contributed by atoms with Crippen LogP contribution in [-0.4, -0.2) is 17.7 Å². The van der Waals surface area contributed by atoms with E-state index in [1.54, 1.807) is 6.07 Å². The van der Waals surface area contributed by atoms with Crippen LogP contribution >= 0.6 is 0 Å². The maximum absolute atomic E-state index is 14.6. The third-order valence-electron chi connectivity index (χ3n) is 4.05. The Kier molecular flexibility index (Phi) is 4.46. The van der Waals surface area contributed by atoms with Gasteiger partial charge in [-0.3, -0.25) is 0 Å². The maximum Gasteiger partial charge on any atom is 0.133 e. The lowest BCUT2D eigenvalue weighted by atomic mass is 9.93. The molecule has 1 aromatic carbocycles. The van der Waals surface area contributed by atoms with Crippen molar-refractivity contribution in [3.8, 4) is 5.75 Å². The summed E-state index contributed by atoms with van der Waals surface area (Å²) in [6, 6.07) is 2.24. The van der Waals surface area contributed by atoms with Gasteiger partial charge in [-0.05, 0) is 55.3 Å². The molecule has 19 heavy (non-hydrogen) atoms. The minimum Gasteiger partial charge on any atom is -0.508 e. The normalized spacial score (nSPS) is 19.3. The highest BCUT2D eigenvalue weighted by molar-refractivity contribution is 5.45. The molecule has 2 N–H and O–H groups in total. The lowest BCUT2D eigenvalue weighted by molar-refractivity contribution is 0.450. The molecule has 0 radical (unpaired) electrons. The summed E-state index contributed by atoms with van der Waals surface area (Å²) in [6.07, 6.45) is 3.59. The van der Waals surface area contributed by atoms with Crippen molar-refractivity contribution in [3.63, 3.8) is 0 Å². The SMILES string of the molecule is CCN[C@@H]1CCc2cc(O)c(C(C)C)c(F)c2CC1. The Labute approximate surface area is 115 Å². The Morgan fingerprint density at radius 3 is 2.68 bits per heavy atom. The van der Waals surface area contributed by atoms with Crippen LogP contribution in [-0.2, 0) is 12.8 Å². The monoisotopic (exact) mass is 265 g/mol. The van der Waals surface area contributed by atoms with Gasteiger partial charge in [0.05, 0.1) is 0 Å². The lowest BCUT2D eigenvalue weighted by Crippen LogP contribution is -2.28. The van der Waals surface area contributed by atoms with E-state index < -0.39 is 0 Å². The standard InChI is InChI=1S/C16H24FNO/c1-4-18-12-6-5-11-9-14(19)15(10(2)3)16(17)13(11)8-7-12/h9-10,12,18-19H,4-8H2,1-3H3/t12-/m1/s1. The Hall–Kier alpha value is -1.09. The predicted octanol–water partition coefficient (Wildman–Crippen LogP) is 3.51. The van der Waals surface area contributed by atoms with Crippen molar-refractivity contribution < 1.29 is 9.50 Å². The first-order chi connectivity index (χ1) is 9.04. The molecule has 2 nitrogen and oxygen atoms in total. The number of hydrogen-bond donors (Lipinski definition) is 2. The highest BCUT2D eigenvalue weighted by Gasteiger charge is 2.23. The zero-order valence-corrected chi connectivity index (χ0v) is 12.1. The number of benzene rings is 1. The largest absolute Gasteiger partial charge is 0.508 e. The highest BCUT2D eigenvalue weighted by Crippen LogP contribution is 2.35. The number of phenols is 1. The van der Waals surface area contributed by atoms with Crippen LogP contribution in [0.25, 0.3) is 0 Å². The summed E-state index contributed by atoms with van der Waals surface area (Å²) in [5.41, 5.74) is 2.28. The van der Waals surface area contributed by atoms with Gasteiger partial charge in [0.2, 0.25) is 0 Å². The summed E-state index contributed by atoms with van der Waals surface area (Å²) in [5.74, 6) is -0.0478. The minimum absolute atomic E-state index is 0.0121. The fourth-order valence-corrected chi connectivity index (χ4v) is 3.07. The van der Waals surface area contributed by atoms with Crippen LogP contribution in [0.4, 0.5) is 4.39 Å². The van der Waals surface area contributed by atoms with E-state index in [4.69, 9.17) is 0 Å². The van der Waals surface area contributed by atoms with Crippen LogP contribution in [0.3, 0.4) is 0 Å². The van der Waals surface area contributed by atoms with Gasteiger partial charge in [-0.15, -0.1) is 0 Å². The molecule has 0 saturated heterocycles. The summed E-state index contributed by atoms with van der Waals surface area (Å²) >= 11 is 0. The number of halogens is 1. The molecule has 0 unspecified atom stereocenters. The number of aromatic hydroxyl groups is 1. The number of hydrogen-bond acceptors (Lipinski definition) is 2. The van der Waals surface area contributed by atoms with Gasteiger partial charge < -0.3 is 10.4 Å². The van der Waals surface area contributed by atoms with Crippen LogP contribution in [0, 0.1) is 5.82 Å². The Bertz CT molecular complexity index is 457. The van der Waals surface area contributed by atoms with Crippen LogP contribution in [0.15, 0.2) is 6.07 Å². The van der Waals surface area contributed by atoms with Gasteiger partial charge in [0.15, 0.2) is 0 Å². The Balaban J connectivity index is 2.34. The third kappa shape index (κ3) is 2.92. The smallest absolute Gasteiger partial charge is 0.133 e. The predicted molar refractivity (Wildman–Crippen MR) is 76.3 cm³/mol. The second-order valence-corrected chi connectivity index (χ2v) is 5.75. The summed E-state index contributed by atoms with van der Waals surface area (Å²) in [7, 11) is 0. The molecule has 0 spiro atoms. The summed E-state index contributed by atoms with van der Waals surface area (Å²) in [4.78, 5) is 0. The first kappa shape index (κ1) is 14.3. The zero-order valence-electron chi connectivity index (χ0n) is 12.1. The fraction of sp³-hybridized carbons (Fsp3) is 0.625. The quantitative estimate of drug-likeness (QED) is 0.820. The second kappa shape index (κ2) is 5.91. The van der Waals surface area contributed by atoms with E-state index in [-0.39, 0.29) is 17.5 Å². The first-order valence-electron chi connectivity index (χ1n) is 7.31. The molecule has 0 aromatic heterocycles. The molecule has 106 valence electrons. The van der Waals surface area contributed by atoms with Crippen molar-refractivity contribution in [2.24, 2.45) is 0 Å². The van der Waals surface area contributed by atoms with Crippen LogP contribution in [0.5, 0.6) is 5.75 Å². The third-order valence-corrected chi connectivity index (χ3v) is 4.05. The van der Waals surface area contributed by atoms with Gasteiger partial charge in [-0.25, -0.2) is 4.39 Å². The van der Waals surface area contributed by atoms with Gasteiger partial charge in [0.1, 0.15) is 11.6 Å². The van der Waals surface area contributed by atoms with Gasteiger partial charge in [0, 0.05) is 11.6 Å². The van der Waals surface area contributed by atoms with E-state index in [1.165, 1.54) is 0 Å². The van der Waals surface area contributed by atoms with E-state index in [1.807, 2.05) is 13.8 Å². The molecule has 0 fully saturated rings. The summed E-state index contributed by atoms with van der Waals surface area (Å²) < 4.78 is 14.6. The van der Waals surface area contributed by atoms with Crippen molar-refractivity contribution in [2.45, 2.75) is 58.4 Å². The van der Waals surface area contributed by atoms with Crippen molar-refractivity contribution in [3.05, 3.63) is 28.6 Å². The number of phenolic OH excluding ortho intramolecular Hbond substituents is 1. The number of rotatable bonds is 3. The molecule has 2 rings (SSSR count). The molecule has 3 heteroatoms. The molecule has 0 amide bonds. The molecule has 1 atom stereocenters. The second-order valence-electron chi connectivity index (χ2n) is 5.75. The first-order valence-corrected chi connectivity index (χ1v) is 7.31. The molecule has 0 saturated carbocycles. The fourth-order valence-electron chi connectivity index (χ4n) is 3.07. The summed E-state index contributed by atoms with van der Waals surface area (Å²) in [6.45, 7) is 6.89. The van der Waals surface area contributed by atoms with Crippen molar-refractivity contribution in [1.82, 2.24) is 5.32 Å². The van der Waals surface area contributed by atoms with Gasteiger partial charge >= 0.3 is 0 Å². The number of aryl methyl sites for hydroxylation is 1. The van der Waals surface area contributed by atoms with Gasteiger partial charge in [-0.2, -0.15) is 0 Å². The van der Waals surface area contributed by atoms with Gasteiger partial charge in [-0.1, -0.05) is 20.8 Å². The van der Waals surface area contributed by atoms with E-state index in [0.29, 0.717) is 11.6 Å². The highest BCUT2D eigenvalue weighted by atomic mass is 19.1. The Morgan fingerprint density at radius 1 is 1.37 bits per heavy atom. The van der Waals surface area contributed by atoms with Crippen LogP contribution in [0.2, 0.25) is 0 Å². The maximum atomic E-state index is 14.6. The van der Waals surface area contributed by atoms with E-state index in [0.717, 1.165) is 43.4 Å². The molecule has 0 aliphatic heterocycles.